The molecule has 2 saturated heterocycles. The van der Waals surface area contributed by atoms with Crippen molar-refractivity contribution < 1.29 is 63.7 Å². The van der Waals surface area contributed by atoms with Gasteiger partial charge in [-0.05, 0) is 25.7 Å². The molecule has 296 valence electrons. The van der Waals surface area contributed by atoms with Crippen molar-refractivity contribution in [1.29, 1.82) is 0 Å². The Hall–Kier alpha value is -2.70. The standard InChI is InChI=1S/C32H55N7O13/c33-15-11-16(34)30(52-32-27(47)25(36)26(46)20(14-40)50-32)28(48)29(15)51-31-17(35)12-18(41)19(49-31)13-38-22(43)6-5-21(42)37-9-3-1-2-4-10-39-23(44)7-8-24(39)45/h7-8,15-20,25-32,40-41,46-48H,1-6,9-14,33-36H2,(H,37,42)(H,38,43)/t15-,16+,17+,18-,19+,20+,25-,26+,27+,28-,29+,30-,31+,32+/m0/s1. The summed E-state index contributed by atoms with van der Waals surface area (Å²) in [5, 5.41) is 57.5. The molecule has 15 N–H and O–H groups in total. The number of carbonyl (C=O) groups is 4. The maximum absolute atomic E-state index is 12.5. The van der Waals surface area contributed by atoms with Crippen molar-refractivity contribution in [2.24, 2.45) is 22.9 Å². The number of nitrogens with one attached hydrogen (secondary N) is 2. The Balaban J connectivity index is 1.17. The van der Waals surface area contributed by atoms with Crippen molar-refractivity contribution >= 4 is 23.6 Å². The third-order valence-corrected chi connectivity index (χ3v) is 9.79. The number of nitrogens with zero attached hydrogens (tertiary/aromatic N) is 1. The molecule has 4 rings (SSSR count). The Kier molecular flexibility index (Phi) is 15.8. The maximum atomic E-state index is 12.5. The van der Waals surface area contributed by atoms with E-state index >= 15 is 0 Å². The van der Waals surface area contributed by atoms with Crippen LogP contribution in [0.25, 0.3) is 0 Å². The summed E-state index contributed by atoms with van der Waals surface area (Å²) in [6.07, 6.45) is -7.01. The highest BCUT2D eigenvalue weighted by molar-refractivity contribution is 6.12. The zero-order chi connectivity index (χ0) is 38.1. The van der Waals surface area contributed by atoms with Gasteiger partial charge in [0.1, 0.15) is 42.7 Å². The van der Waals surface area contributed by atoms with Crippen LogP contribution >= 0.6 is 0 Å². The van der Waals surface area contributed by atoms with Crippen molar-refractivity contribution in [3.63, 3.8) is 0 Å². The molecule has 0 radical (unpaired) electrons. The Morgan fingerprint density at radius 2 is 1.33 bits per heavy atom. The van der Waals surface area contributed by atoms with E-state index in [4.69, 9.17) is 41.9 Å². The second-order valence-corrected chi connectivity index (χ2v) is 13.8. The monoisotopic (exact) mass is 745 g/mol. The molecule has 20 nitrogen and oxygen atoms in total. The first-order valence-electron chi connectivity index (χ1n) is 17.8. The van der Waals surface area contributed by atoms with Gasteiger partial charge in [0, 0.05) is 56.7 Å². The smallest absolute Gasteiger partial charge is 0.253 e. The minimum Gasteiger partial charge on any atom is -0.394 e. The van der Waals surface area contributed by atoms with E-state index in [1.54, 1.807) is 0 Å². The predicted octanol–water partition coefficient (Wildman–Crippen LogP) is -5.76. The highest BCUT2D eigenvalue weighted by Crippen LogP contribution is 2.31. The van der Waals surface area contributed by atoms with Crippen LogP contribution < -0.4 is 33.6 Å². The number of unbranched alkanes of at least 4 members (excludes halogenated alkanes) is 3. The molecule has 0 aromatic heterocycles. The molecule has 1 aliphatic carbocycles. The number of imide groups is 1. The molecule has 4 aliphatic rings. The SMILES string of the molecule is N[C@@H]1[C@@H](O)[C@@H](O[C@@H]2[C@@H](O)[C@H](O[C@H]3O[C@H](CNC(=O)CCC(=O)NCCCCCCN4C(=O)C=CC4=O)[C@@H](O)C[C@H]3N)[C@@H](N)C[C@H]2N)O[C@H](CO)[C@H]1O. The topological polar surface area (TPSA) is 338 Å². The van der Waals surface area contributed by atoms with Gasteiger partial charge in [0.2, 0.25) is 11.8 Å². The van der Waals surface area contributed by atoms with Crippen molar-refractivity contribution in [3.8, 4) is 0 Å². The minimum absolute atomic E-state index is 0.0295. The van der Waals surface area contributed by atoms with Gasteiger partial charge in [-0.1, -0.05) is 12.8 Å². The number of ether oxygens (including phenoxy) is 4. The molecule has 0 spiro atoms. The van der Waals surface area contributed by atoms with E-state index in [2.05, 4.69) is 10.6 Å². The molecule has 0 aromatic carbocycles. The molecule has 3 aliphatic heterocycles. The second-order valence-electron chi connectivity index (χ2n) is 13.8. The number of hydrogen-bond donors (Lipinski definition) is 11. The summed E-state index contributed by atoms with van der Waals surface area (Å²) in [6, 6.07) is -3.69. The summed E-state index contributed by atoms with van der Waals surface area (Å²) < 4.78 is 23.2. The normalized spacial score (nSPS) is 38.1. The van der Waals surface area contributed by atoms with Crippen molar-refractivity contribution in [3.05, 3.63) is 12.2 Å². The third kappa shape index (κ3) is 10.9. The quantitative estimate of drug-likeness (QED) is 0.0488. The Labute approximate surface area is 301 Å². The van der Waals surface area contributed by atoms with E-state index in [9.17, 15) is 44.7 Å². The first-order valence-corrected chi connectivity index (χ1v) is 17.8. The maximum Gasteiger partial charge on any atom is 0.253 e. The third-order valence-electron chi connectivity index (χ3n) is 9.79. The molecule has 4 amide bonds. The average Bonchev–Trinajstić information content (AvgIpc) is 3.43. The molecule has 52 heavy (non-hydrogen) atoms. The van der Waals surface area contributed by atoms with Crippen LogP contribution in [0.1, 0.15) is 51.4 Å². The summed E-state index contributed by atoms with van der Waals surface area (Å²) in [6.45, 7) is 0.0568. The van der Waals surface area contributed by atoms with Crippen molar-refractivity contribution in [2.75, 3.05) is 26.2 Å². The Morgan fingerprint density at radius 3 is 1.96 bits per heavy atom. The molecular weight excluding hydrogens is 690 g/mol. The predicted molar refractivity (Wildman–Crippen MR) is 179 cm³/mol. The summed E-state index contributed by atoms with van der Waals surface area (Å²) >= 11 is 0. The lowest BCUT2D eigenvalue weighted by molar-refractivity contribution is -0.315. The van der Waals surface area contributed by atoms with E-state index in [1.165, 1.54) is 17.1 Å². The highest BCUT2D eigenvalue weighted by Gasteiger charge is 2.50. The number of aliphatic hydroxyl groups excluding tert-OH is 5. The van der Waals surface area contributed by atoms with Crippen LogP contribution in [0.15, 0.2) is 12.2 Å². The van der Waals surface area contributed by atoms with Gasteiger partial charge in [-0.3, -0.25) is 24.1 Å². The molecule has 0 bridgehead atoms. The molecule has 14 atom stereocenters. The van der Waals surface area contributed by atoms with E-state index in [-0.39, 0.29) is 49.9 Å². The first-order chi connectivity index (χ1) is 24.7. The van der Waals surface area contributed by atoms with Gasteiger partial charge in [-0.15, -0.1) is 0 Å². The number of rotatable bonds is 17. The van der Waals surface area contributed by atoms with Crippen LogP contribution in [0.3, 0.4) is 0 Å². The van der Waals surface area contributed by atoms with Crippen LogP contribution in [-0.2, 0) is 38.1 Å². The lowest BCUT2D eigenvalue weighted by atomic mass is 9.84. The van der Waals surface area contributed by atoms with E-state index in [0.29, 0.717) is 25.9 Å². The van der Waals surface area contributed by atoms with E-state index in [0.717, 1.165) is 12.8 Å². The van der Waals surface area contributed by atoms with Gasteiger partial charge >= 0.3 is 0 Å². The fourth-order valence-electron chi connectivity index (χ4n) is 6.65. The van der Waals surface area contributed by atoms with Crippen LogP contribution in [-0.4, -0.2) is 166 Å². The minimum atomic E-state index is -1.51. The number of amides is 4. The average molecular weight is 746 g/mol. The number of nitrogens with two attached hydrogens (primary N) is 4. The lowest BCUT2D eigenvalue weighted by Gasteiger charge is -2.47. The number of carbonyl (C=O) groups excluding carboxylic acids is 4. The fraction of sp³-hybridized carbons (Fsp3) is 0.812. The van der Waals surface area contributed by atoms with Gasteiger partial charge in [0.25, 0.3) is 11.8 Å². The van der Waals surface area contributed by atoms with Gasteiger partial charge < -0.3 is 78.0 Å². The van der Waals surface area contributed by atoms with Crippen LogP contribution in [0.5, 0.6) is 0 Å². The van der Waals surface area contributed by atoms with Gasteiger partial charge in [0.05, 0.1) is 24.8 Å². The molecule has 0 unspecified atom stereocenters. The molecular formula is C32H55N7O13. The molecule has 3 heterocycles. The zero-order valence-electron chi connectivity index (χ0n) is 29.0. The molecule has 1 saturated carbocycles. The van der Waals surface area contributed by atoms with Crippen LogP contribution in [0.2, 0.25) is 0 Å². The molecule has 3 fully saturated rings. The Bertz CT molecular complexity index is 1230. The molecule has 0 aromatic rings. The van der Waals surface area contributed by atoms with Crippen LogP contribution in [0, 0.1) is 0 Å². The Morgan fingerprint density at radius 1 is 0.750 bits per heavy atom. The van der Waals surface area contributed by atoms with Gasteiger partial charge in [0.15, 0.2) is 12.6 Å². The van der Waals surface area contributed by atoms with Gasteiger partial charge in [-0.2, -0.15) is 0 Å². The summed E-state index contributed by atoms with van der Waals surface area (Å²) in [7, 11) is 0. The second kappa shape index (κ2) is 19.6. The van der Waals surface area contributed by atoms with E-state index in [1.807, 2.05) is 0 Å². The van der Waals surface area contributed by atoms with Crippen molar-refractivity contribution in [2.45, 2.75) is 137 Å². The molecule has 20 heteroatoms. The summed E-state index contributed by atoms with van der Waals surface area (Å²) in [5.41, 5.74) is 24.6. The fourth-order valence-corrected chi connectivity index (χ4v) is 6.65. The summed E-state index contributed by atoms with van der Waals surface area (Å²) in [4.78, 5) is 49.0. The number of hydrogen-bond acceptors (Lipinski definition) is 17. The first kappa shape index (κ1) is 42.0. The zero-order valence-corrected chi connectivity index (χ0v) is 29.0. The lowest BCUT2D eigenvalue weighted by Crippen LogP contribution is -2.68. The van der Waals surface area contributed by atoms with Gasteiger partial charge in [-0.25, -0.2) is 0 Å². The van der Waals surface area contributed by atoms with E-state index < -0.39 is 98.1 Å². The highest BCUT2D eigenvalue weighted by atomic mass is 16.7. The summed E-state index contributed by atoms with van der Waals surface area (Å²) in [5.74, 6) is -1.35. The number of aliphatic hydroxyl groups is 5. The van der Waals surface area contributed by atoms with Crippen LogP contribution in [0.4, 0.5) is 0 Å². The van der Waals surface area contributed by atoms with Crippen molar-refractivity contribution in [1.82, 2.24) is 15.5 Å². The largest absolute Gasteiger partial charge is 0.394 e.